The highest BCUT2D eigenvalue weighted by molar-refractivity contribution is 5.83. The van der Waals surface area contributed by atoms with Gasteiger partial charge in [-0.15, -0.1) is 10.2 Å². The number of para-hydroxylation sites is 1. The molecule has 4 aromatic rings. The lowest BCUT2D eigenvalue weighted by atomic mass is 10.1. The summed E-state index contributed by atoms with van der Waals surface area (Å²) in [7, 11) is 0. The molecule has 4 rings (SSSR count). The molecule has 0 unspecified atom stereocenters. The van der Waals surface area contributed by atoms with Crippen LogP contribution in [-0.4, -0.2) is 38.6 Å². The van der Waals surface area contributed by atoms with E-state index in [1.54, 1.807) is 0 Å². The SMILES string of the molecule is CCNC(=NCc1nnc2ccccn12)NCCc1c[nH]c2ccccc12. The normalized spacial score (nSPS) is 12.0. The number of aromatic amines is 1. The van der Waals surface area contributed by atoms with E-state index >= 15 is 0 Å². The fourth-order valence-electron chi connectivity index (χ4n) is 3.14. The molecule has 0 saturated carbocycles. The number of nitrogens with one attached hydrogen (secondary N) is 3. The minimum atomic E-state index is 0.466. The van der Waals surface area contributed by atoms with Gasteiger partial charge in [-0.3, -0.25) is 4.40 Å². The monoisotopic (exact) mass is 361 g/mol. The lowest BCUT2D eigenvalue weighted by Crippen LogP contribution is -2.38. The standard InChI is InChI=1S/C20H23N7/c1-2-21-20(24-14-19-26-25-18-9-5-6-12-27(18)19)22-11-10-15-13-23-17-8-4-3-7-16(15)17/h3-9,12-13,23H,2,10-11,14H2,1H3,(H2,21,22,24). The van der Waals surface area contributed by atoms with Gasteiger partial charge in [-0.05, 0) is 37.1 Å². The first-order valence-electron chi connectivity index (χ1n) is 9.21. The molecule has 0 aliphatic rings. The first-order chi connectivity index (χ1) is 13.3. The predicted octanol–water partition coefficient (Wildman–Crippen LogP) is 2.51. The number of rotatable bonds is 6. The molecule has 0 aliphatic heterocycles. The Hall–Kier alpha value is -3.35. The molecule has 0 bridgehead atoms. The third kappa shape index (κ3) is 3.76. The van der Waals surface area contributed by atoms with Gasteiger partial charge in [-0.1, -0.05) is 24.3 Å². The highest BCUT2D eigenvalue weighted by Crippen LogP contribution is 2.17. The molecule has 1 aromatic carbocycles. The van der Waals surface area contributed by atoms with E-state index in [1.807, 2.05) is 34.9 Å². The van der Waals surface area contributed by atoms with E-state index < -0.39 is 0 Å². The second kappa shape index (κ2) is 7.90. The van der Waals surface area contributed by atoms with Crippen molar-refractivity contribution in [1.29, 1.82) is 0 Å². The summed E-state index contributed by atoms with van der Waals surface area (Å²) in [5, 5.41) is 16.4. The van der Waals surface area contributed by atoms with Crippen molar-refractivity contribution in [1.82, 2.24) is 30.2 Å². The number of nitrogens with zero attached hydrogens (tertiary/aromatic N) is 4. The molecule has 0 fully saturated rings. The van der Waals surface area contributed by atoms with Gasteiger partial charge >= 0.3 is 0 Å². The van der Waals surface area contributed by atoms with Gasteiger partial charge in [0.2, 0.25) is 0 Å². The smallest absolute Gasteiger partial charge is 0.191 e. The molecule has 7 nitrogen and oxygen atoms in total. The van der Waals surface area contributed by atoms with Crippen molar-refractivity contribution in [3.63, 3.8) is 0 Å². The highest BCUT2D eigenvalue weighted by Gasteiger charge is 2.06. The van der Waals surface area contributed by atoms with E-state index in [9.17, 15) is 0 Å². The van der Waals surface area contributed by atoms with Crippen LogP contribution in [0.2, 0.25) is 0 Å². The van der Waals surface area contributed by atoms with Crippen molar-refractivity contribution in [2.24, 2.45) is 4.99 Å². The van der Waals surface area contributed by atoms with Crippen molar-refractivity contribution < 1.29 is 0 Å². The number of hydrogen-bond donors (Lipinski definition) is 3. The molecule has 27 heavy (non-hydrogen) atoms. The van der Waals surface area contributed by atoms with Gasteiger partial charge in [0, 0.05) is 36.4 Å². The zero-order valence-corrected chi connectivity index (χ0v) is 15.3. The van der Waals surface area contributed by atoms with E-state index in [1.165, 1.54) is 16.5 Å². The van der Waals surface area contributed by atoms with Gasteiger partial charge in [0.1, 0.15) is 6.54 Å². The van der Waals surface area contributed by atoms with Gasteiger partial charge in [0.25, 0.3) is 0 Å². The quantitative estimate of drug-likeness (QED) is 0.364. The maximum absolute atomic E-state index is 4.65. The number of pyridine rings is 1. The van der Waals surface area contributed by atoms with Crippen LogP contribution in [-0.2, 0) is 13.0 Å². The van der Waals surface area contributed by atoms with Gasteiger partial charge in [0.15, 0.2) is 17.4 Å². The minimum absolute atomic E-state index is 0.466. The van der Waals surface area contributed by atoms with Crippen LogP contribution in [0.25, 0.3) is 16.6 Å². The molecule has 0 radical (unpaired) electrons. The van der Waals surface area contributed by atoms with Crippen molar-refractivity contribution in [3.8, 4) is 0 Å². The Balaban J connectivity index is 1.41. The molecule has 138 valence electrons. The van der Waals surface area contributed by atoms with Crippen LogP contribution in [0, 0.1) is 0 Å². The number of aliphatic imine (C=N–C) groups is 1. The number of benzene rings is 1. The van der Waals surface area contributed by atoms with Crippen molar-refractivity contribution in [2.45, 2.75) is 19.9 Å². The fourth-order valence-corrected chi connectivity index (χ4v) is 3.14. The number of guanidine groups is 1. The van der Waals surface area contributed by atoms with Gasteiger partial charge < -0.3 is 15.6 Å². The van der Waals surface area contributed by atoms with E-state index in [4.69, 9.17) is 0 Å². The summed E-state index contributed by atoms with van der Waals surface area (Å²) in [6, 6.07) is 14.2. The lowest BCUT2D eigenvalue weighted by molar-refractivity contribution is 0.789. The number of H-pyrrole nitrogens is 1. The molecule has 0 atom stereocenters. The van der Waals surface area contributed by atoms with E-state index in [0.29, 0.717) is 6.54 Å². The molecule has 0 saturated heterocycles. The van der Waals surface area contributed by atoms with Gasteiger partial charge in [-0.2, -0.15) is 0 Å². The van der Waals surface area contributed by atoms with Gasteiger partial charge in [0.05, 0.1) is 0 Å². The maximum Gasteiger partial charge on any atom is 0.191 e. The van der Waals surface area contributed by atoms with Crippen LogP contribution in [0.3, 0.4) is 0 Å². The number of fused-ring (bicyclic) bond motifs is 2. The highest BCUT2D eigenvalue weighted by atomic mass is 15.3. The summed E-state index contributed by atoms with van der Waals surface area (Å²) < 4.78 is 1.96. The predicted molar refractivity (Wildman–Crippen MR) is 108 cm³/mol. The van der Waals surface area contributed by atoms with Crippen LogP contribution in [0.4, 0.5) is 0 Å². The van der Waals surface area contributed by atoms with Gasteiger partial charge in [-0.25, -0.2) is 4.99 Å². The Bertz CT molecular complexity index is 1060. The third-order valence-corrected chi connectivity index (χ3v) is 4.47. The second-order valence-corrected chi connectivity index (χ2v) is 6.28. The zero-order valence-electron chi connectivity index (χ0n) is 15.3. The first-order valence-corrected chi connectivity index (χ1v) is 9.21. The molecular formula is C20H23N7. The van der Waals surface area contributed by atoms with Crippen LogP contribution in [0.15, 0.2) is 59.9 Å². The molecule has 3 N–H and O–H groups in total. The van der Waals surface area contributed by atoms with Crippen LogP contribution >= 0.6 is 0 Å². The number of aromatic nitrogens is 4. The molecule has 0 aliphatic carbocycles. The molecule has 0 amide bonds. The second-order valence-electron chi connectivity index (χ2n) is 6.28. The van der Waals surface area contributed by atoms with Crippen molar-refractivity contribution >= 4 is 22.5 Å². The zero-order chi connectivity index (χ0) is 18.5. The summed E-state index contributed by atoms with van der Waals surface area (Å²) in [6.45, 7) is 4.13. The van der Waals surface area contributed by atoms with E-state index in [-0.39, 0.29) is 0 Å². The largest absolute Gasteiger partial charge is 0.361 e. The summed E-state index contributed by atoms with van der Waals surface area (Å²) in [4.78, 5) is 7.97. The summed E-state index contributed by atoms with van der Waals surface area (Å²) in [5.74, 6) is 1.60. The third-order valence-electron chi connectivity index (χ3n) is 4.47. The topological polar surface area (TPSA) is 82.4 Å². The average Bonchev–Trinajstić information content (AvgIpc) is 3.30. The number of hydrogen-bond acceptors (Lipinski definition) is 3. The van der Waals surface area contributed by atoms with Crippen molar-refractivity contribution in [3.05, 3.63) is 66.2 Å². The Kier molecular flexibility index (Phi) is 5.00. The minimum Gasteiger partial charge on any atom is -0.361 e. The van der Waals surface area contributed by atoms with E-state index in [0.717, 1.165) is 36.9 Å². The van der Waals surface area contributed by atoms with Crippen LogP contribution in [0.1, 0.15) is 18.3 Å². The Labute approximate surface area is 157 Å². The van der Waals surface area contributed by atoms with Crippen LogP contribution < -0.4 is 10.6 Å². The average molecular weight is 361 g/mol. The summed E-state index contributed by atoms with van der Waals surface area (Å²) >= 11 is 0. The first kappa shape index (κ1) is 17.1. The molecular weight excluding hydrogens is 338 g/mol. The Morgan fingerprint density at radius 2 is 2.00 bits per heavy atom. The molecule has 3 heterocycles. The molecule has 7 heteroatoms. The molecule has 3 aromatic heterocycles. The fraction of sp³-hybridized carbons (Fsp3) is 0.250. The van der Waals surface area contributed by atoms with Crippen LogP contribution in [0.5, 0.6) is 0 Å². The lowest BCUT2D eigenvalue weighted by Gasteiger charge is -2.10. The summed E-state index contributed by atoms with van der Waals surface area (Å²) in [6.07, 6.45) is 4.96. The Morgan fingerprint density at radius 3 is 2.93 bits per heavy atom. The Morgan fingerprint density at radius 1 is 1.11 bits per heavy atom. The van der Waals surface area contributed by atoms with Crippen molar-refractivity contribution in [2.75, 3.05) is 13.1 Å². The van der Waals surface area contributed by atoms with E-state index in [2.05, 4.69) is 62.1 Å². The summed E-state index contributed by atoms with van der Waals surface area (Å²) in [5.41, 5.74) is 3.31. The molecule has 0 spiro atoms. The maximum atomic E-state index is 4.65.